The molecule has 0 saturated heterocycles. The molecule has 2 rings (SSSR count). The van der Waals surface area contributed by atoms with Gasteiger partial charge >= 0.3 is 12.1 Å². The van der Waals surface area contributed by atoms with Crippen LogP contribution in [0.5, 0.6) is 0 Å². The topological polar surface area (TPSA) is 142 Å². The van der Waals surface area contributed by atoms with Crippen molar-refractivity contribution in [2.75, 3.05) is 12.3 Å². The lowest BCUT2D eigenvalue weighted by molar-refractivity contribution is -0.142. The monoisotopic (exact) mass is 462 g/mol. The number of ether oxygens (including phenoxy) is 1. The Morgan fingerprint density at radius 1 is 1.00 bits per heavy atom. The number of aliphatic hydroxyl groups excluding tert-OH is 1. The molecule has 0 heterocycles. The van der Waals surface area contributed by atoms with Gasteiger partial charge < -0.3 is 25.6 Å². The summed E-state index contributed by atoms with van der Waals surface area (Å²) in [5.74, 6) is -1.91. The van der Waals surface area contributed by atoms with Crippen LogP contribution in [0.4, 0.5) is 4.79 Å². The predicted octanol–water partition coefficient (Wildman–Crippen LogP) is 1.43. The predicted molar refractivity (Wildman–Crippen MR) is 117 cm³/mol. The summed E-state index contributed by atoms with van der Waals surface area (Å²) in [7, 11) is -1.40. The minimum absolute atomic E-state index is 0.0390. The van der Waals surface area contributed by atoms with Gasteiger partial charge in [0.15, 0.2) is 0 Å². The molecule has 0 aromatic heterocycles. The number of carboxylic acids is 1. The third-order valence-corrected chi connectivity index (χ3v) is 5.75. The van der Waals surface area contributed by atoms with E-state index in [1.54, 1.807) is 42.5 Å². The zero-order valence-electron chi connectivity index (χ0n) is 17.3. The van der Waals surface area contributed by atoms with E-state index < -0.39 is 47.3 Å². The maximum absolute atomic E-state index is 12.2. The minimum atomic E-state index is -1.40. The third-order valence-electron chi connectivity index (χ3n) is 4.35. The highest BCUT2D eigenvalue weighted by Gasteiger charge is 2.22. The minimum Gasteiger partial charge on any atom is -0.480 e. The lowest BCUT2D eigenvalue weighted by atomic mass is 10.2. The molecule has 2 aromatic carbocycles. The van der Waals surface area contributed by atoms with Crippen LogP contribution in [0, 0.1) is 0 Å². The van der Waals surface area contributed by atoms with E-state index in [1.807, 2.05) is 18.2 Å². The average molecular weight is 463 g/mol. The van der Waals surface area contributed by atoms with E-state index >= 15 is 0 Å². The second-order valence-corrected chi connectivity index (χ2v) is 8.48. The van der Waals surface area contributed by atoms with Crippen molar-refractivity contribution in [3.63, 3.8) is 0 Å². The van der Waals surface area contributed by atoms with Gasteiger partial charge in [-0.25, -0.2) is 9.59 Å². The van der Waals surface area contributed by atoms with Gasteiger partial charge in [-0.1, -0.05) is 48.5 Å². The number of benzene rings is 2. The average Bonchev–Trinajstić information content (AvgIpc) is 2.79. The fourth-order valence-corrected chi connectivity index (χ4v) is 3.83. The zero-order chi connectivity index (χ0) is 23.3. The molecule has 0 spiro atoms. The lowest BCUT2D eigenvalue weighted by Gasteiger charge is -2.16. The largest absolute Gasteiger partial charge is 0.480 e. The number of hydrogen-bond acceptors (Lipinski definition) is 6. The van der Waals surface area contributed by atoms with Crippen molar-refractivity contribution >= 4 is 28.8 Å². The standard InChI is InChI=1S/C22H26N2O7S/c25-17(14-23-22(29)31-15-16-7-3-1-4-8-16)13-20(26)24-19(21(27)28)11-12-32(30)18-9-5-2-6-10-18/h1-10,17,19,25H,11-15H2,(H,23,29)(H,24,26)(H,27,28)/t17-,19+,32-/m0/s1. The van der Waals surface area contributed by atoms with Gasteiger partial charge in [0.25, 0.3) is 0 Å². The fraction of sp³-hybridized carbons (Fsp3) is 0.318. The van der Waals surface area contributed by atoms with Crippen molar-refractivity contribution in [1.82, 2.24) is 10.6 Å². The number of carbonyl (C=O) groups excluding carboxylic acids is 2. The van der Waals surface area contributed by atoms with Gasteiger partial charge in [-0.05, 0) is 24.1 Å². The summed E-state index contributed by atoms with van der Waals surface area (Å²) < 4.78 is 17.2. The molecule has 2 amide bonds. The Labute approximate surface area is 188 Å². The maximum atomic E-state index is 12.2. The van der Waals surface area contributed by atoms with Crippen LogP contribution in [-0.2, 0) is 31.7 Å². The normalized spacial score (nSPS) is 13.4. The van der Waals surface area contributed by atoms with Gasteiger partial charge in [-0.3, -0.25) is 9.00 Å². The molecule has 10 heteroatoms. The number of alkyl carbamates (subject to hydrolysis) is 1. The number of aliphatic hydroxyl groups is 1. The smallest absolute Gasteiger partial charge is 0.407 e. The third kappa shape index (κ3) is 9.27. The van der Waals surface area contributed by atoms with Crippen LogP contribution in [0.2, 0.25) is 0 Å². The number of amides is 2. The molecule has 172 valence electrons. The first kappa shape index (κ1) is 25.0. The Hall–Kier alpha value is -3.24. The summed E-state index contributed by atoms with van der Waals surface area (Å²) in [6.45, 7) is -0.176. The molecule has 2 aromatic rings. The van der Waals surface area contributed by atoms with Crippen LogP contribution in [-0.4, -0.2) is 56.8 Å². The summed E-state index contributed by atoms with van der Waals surface area (Å²) in [4.78, 5) is 35.8. The highest BCUT2D eigenvalue weighted by Crippen LogP contribution is 2.08. The Balaban J connectivity index is 1.70. The Bertz CT molecular complexity index is 909. The Morgan fingerprint density at radius 3 is 2.25 bits per heavy atom. The van der Waals surface area contributed by atoms with Crippen molar-refractivity contribution in [3.8, 4) is 0 Å². The number of rotatable bonds is 12. The van der Waals surface area contributed by atoms with Crippen LogP contribution < -0.4 is 10.6 Å². The molecule has 0 fully saturated rings. The van der Waals surface area contributed by atoms with Crippen molar-refractivity contribution < 1.29 is 33.5 Å². The molecule has 0 aliphatic rings. The molecule has 0 bridgehead atoms. The van der Waals surface area contributed by atoms with E-state index in [4.69, 9.17) is 4.74 Å². The molecule has 3 atom stereocenters. The first-order valence-corrected chi connectivity index (χ1v) is 11.2. The number of nitrogens with one attached hydrogen (secondary N) is 2. The van der Waals surface area contributed by atoms with Gasteiger partial charge in [-0.2, -0.15) is 0 Å². The van der Waals surface area contributed by atoms with Crippen molar-refractivity contribution in [3.05, 3.63) is 66.2 Å². The molecule has 0 aliphatic carbocycles. The molecule has 0 radical (unpaired) electrons. The fourth-order valence-electron chi connectivity index (χ4n) is 2.69. The molecule has 4 N–H and O–H groups in total. The van der Waals surface area contributed by atoms with Gasteiger partial charge in [-0.15, -0.1) is 0 Å². The number of carboxylic acid groups (broad SMARTS) is 1. The van der Waals surface area contributed by atoms with Crippen molar-refractivity contribution in [2.45, 2.75) is 36.5 Å². The molecule has 0 unspecified atom stereocenters. The maximum Gasteiger partial charge on any atom is 0.407 e. The first-order chi connectivity index (χ1) is 15.3. The van der Waals surface area contributed by atoms with Crippen molar-refractivity contribution in [2.24, 2.45) is 0 Å². The molecule has 0 saturated carbocycles. The Morgan fingerprint density at radius 2 is 1.62 bits per heavy atom. The van der Waals surface area contributed by atoms with Gasteiger partial charge in [0.1, 0.15) is 12.6 Å². The van der Waals surface area contributed by atoms with E-state index in [9.17, 15) is 28.8 Å². The molecule has 0 aliphatic heterocycles. The summed E-state index contributed by atoms with van der Waals surface area (Å²) >= 11 is 0. The van der Waals surface area contributed by atoms with Gasteiger partial charge in [0, 0.05) is 17.2 Å². The number of carbonyl (C=O) groups is 3. The van der Waals surface area contributed by atoms with Crippen LogP contribution in [0.25, 0.3) is 0 Å². The molecular weight excluding hydrogens is 436 g/mol. The van der Waals surface area contributed by atoms with E-state index in [1.165, 1.54) is 0 Å². The summed E-state index contributed by atoms with van der Waals surface area (Å²) in [6, 6.07) is 16.4. The van der Waals surface area contributed by atoms with Crippen LogP contribution in [0.1, 0.15) is 18.4 Å². The SMILES string of the molecule is O=C(C[C@H](O)CNC(=O)OCc1ccccc1)N[C@H](CC[S@](=O)c1ccccc1)C(=O)O. The summed E-state index contributed by atoms with van der Waals surface area (Å²) in [5, 5.41) is 23.9. The lowest BCUT2D eigenvalue weighted by Crippen LogP contribution is -2.44. The van der Waals surface area contributed by atoms with Crippen LogP contribution >= 0.6 is 0 Å². The van der Waals surface area contributed by atoms with E-state index in [0.717, 1.165) is 5.56 Å². The number of aliphatic carboxylic acids is 1. The van der Waals surface area contributed by atoms with E-state index in [0.29, 0.717) is 4.90 Å². The van der Waals surface area contributed by atoms with E-state index in [2.05, 4.69) is 10.6 Å². The summed E-state index contributed by atoms with van der Waals surface area (Å²) in [6.07, 6.45) is -2.43. The second-order valence-electron chi connectivity index (χ2n) is 6.91. The van der Waals surface area contributed by atoms with Gasteiger partial charge in [0.05, 0.1) is 23.3 Å². The molecule has 9 nitrogen and oxygen atoms in total. The highest BCUT2D eigenvalue weighted by molar-refractivity contribution is 7.85. The second kappa shape index (κ2) is 13.2. The molecule has 32 heavy (non-hydrogen) atoms. The quantitative estimate of drug-likeness (QED) is 0.374. The first-order valence-electron chi connectivity index (χ1n) is 9.93. The van der Waals surface area contributed by atoms with E-state index in [-0.39, 0.29) is 25.3 Å². The zero-order valence-corrected chi connectivity index (χ0v) is 18.1. The highest BCUT2D eigenvalue weighted by atomic mass is 32.2. The summed E-state index contributed by atoms with van der Waals surface area (Å²) in [5.41, 5.74) is 0.801. The Kier molecular flexibility index (Phi) is 10.3. The van der Waals surface area contributed by atoms with Crippen LogP contribution in [0.15, 0.2) is 65.6 Å². The van der Waals surface area contributed by atoms with Crippen LogP contribution in [0.3, 0.4) is 0 Å². The number of hydrogen-bond donors (Lipinski definition) is 4. The van der Waals surface area contributed by atoms with Gasteiger partial charge in [0.2, 0.25) is 5.91 Å². The van der Waals surface area contributed by atoms with Crippen molar-refractivity contribution in [1.29, 1.82) is 0 Å². The molecular formula is C22H26N2O7S.